The van der Waals surface area contributed by atoms with Crippen LogP contribution in [0.25, 0.3) is 0 Å². The minimum atomic E-state index is -1.02. The smallest absolute Gasteiger partial charge is 0.246 e. The van der Waals surface area contributed by atoms with E-state index >= 15 is 0 Å². The highest BCUT2D eigenvalue weighted by Crippen LogP contribution is 2.47. The summed E-state index contributed by atoms with van der Waals surface area (Å²) in [7, 11) is 1.57. The molecule has 192 valence electrons. The maximum Gasteiger partial charge on any atom is 0.246 e. The van der Waals surface area contributed by atoms with Crippen molar-refractivity contribution < 1.29 is 19.2 Å². The number of fused-ring (bicyclic) bond motifs is 2. The summed E-state index contributed by atoms with van der Waals surface area (Å²) >= 11 is 0. The quantitative estimate of drug-likeness (QED) is 0.620. The van der Waals surface area contributed by atoms with E-state index in [-0.39, 0.29) is 48.4 Å². The molecule has 0 aliphatic carbocycles. The van der Waals surface area contributed by atoms with Crippen LogP contribution in [0.5, 0.6) is 0 Å². The molecule has 0 aromatic heterocycles. The molecule has 4 amide bonds. The first kappa shape index (κ1) is 25.7. The molecule has 3 aliphatic heterocycles. The first-order valence-corrected chi connectivity index (χ1v) is 12.6. The standard InChI is InChI=1S/C27H35N5O4/c1-16-23(34)31(5)21(13-26(2,3)4)24(35)32-15-27(12-18(32)14-28)19-11-17(7-6-8-22(33)29-16)9-10-20(19)30-25(27)36/h9-11,16,18,21H,6-8,12-13,15H2,1-5H3,(H,29,33)(H,30,36)/t16-,18-,21-,27-/m0/s1. The number of hydrogen-bond acceptors (Lipinski definition) is 5. The molecule has 0 radical (unpaired) electrons. The lowest BCUT2D eigenvalue weighted by Crippen LogP contribution is -2.56. The van der Waals surface area contributed by atoms with Gasteiger partial charge in [0.2, 0.25) is 23.6 Å². The zero-order chi connectivity index (χ0) is 26.4. The molecule has 1 spiro atoms. The van der Waals surface area contributed by atoms with Gasteiger partial charge in [-0.1, -0.05) is 32.9 Å². The number of likely N-dealkylation sites (N-methyl/N-ethyl adjacent to an activating group) is 1. The van der Waals surface area contributed by atoms with Gasteiger partial charge in [-0.25, -0.2) is 0 Å². The number of carbonyl (C=O) groups excluding carboxylic acids is 4. The van der Waals surface area contributed by atoms with Crippen molar-refractivity contribution in [3.63, 3.8) is 0 Å². The third-order valence-electron chi connectivity index (χ3n) is 7.60. The number of nitriles is 1. The molecule has 36 heavy (non-hydrogen) atoms. The molecule has 4 bridgehead atoms. The first-order valence-electron chi connectivity index (χ1n) is 12.6. The highest BCUT2D eigenvalue weighted by atomic mass is 16.2. The zero-order valence-corrected chi connectivity index (χ0v) is 21.7. The van der Waals surface area contributed by atoms with Crippen LogP contribution in [0.3, 0.4) is 0 Å². The molecule has 1 aromatic carbocycles. The van der Waals surface area contributed by atoms with E-state index in [1.165, 1.54) is 9.80 Å². The van der Waals surface area contributed by atoms with Gasteiger partial charge in [0.25, 0.3) is 0 Å². The summed E-state index contributed by atoms with van der Waals surface area (Å²) in [6.45, 7) is 7.66. The van der Waals surface area contributed by atoms with Gasteiger partial charge < -0.3 is 20.4 Å². The van der Waals surface area contributed by atoms with E-state index in [0.29, 0.717) is 24.9 Å². The summed E-state index contributed by atoms with van der Waals surface area (Å²) in [5.41, 5.74) is 1.16. The minimum Gasteiger partial charge on any atom is -0.345 e. The van der Waals surface area contributed by atoms with Gasteiger partial charge in [0, 0.05) is 32.1 Å². The van der Waals surface area contributed by atoms with E-state index in [1.807, 2.05) is 39.0 Å². The molecule has 0 unspecified atom stereocenters. The lowest BCUT2D eigenvalue weighted by atomic mass is 9.79. The van der Waals surface area contributed by atoms with Gasteiger partial charge >= 0.3 is 0 Å². The van der Waals surface area contributed by atoms with Gasteiger partial charge in [0.1, 0.15) is 18.1 Å². The molecule has 2 N–H and O–H groups in total. The SMILES string of the molecule is C[C@@H]1NC(=O)CCCc2ccc3c(c2)[C@@]2(C[C@@H](C#N)N(C2)C(=O)[C@H](CC(C)(C)C)N(C)C1=O)C(=O)N3. The second-order valence-electron chi connectivity index (χ2n) is 11.6. The number of nitrogens with zero attached hydrogens (tertiary/aromatic N) is 3. The van der Waals surface area contributed by atoms with E-state index in [9.17, 15) is 24.4 Å². The Morgan fingerprint density at radius 1 is 1.14 bits per heavy atom. The van der Waals surface area contributed by atoms with Crippen LogP contribution in [0.15, 0.2) is 18.2 Å². The van der Waals surface area contributed by atoms with Gasteiger partial charge in [0.15, 0.2) is 0 Å². The third-order valence-corrected chi connectivity index (χ3v) is 7.60. The molecule has 9 nitrogen and oxygen atoms in total. The predicted molar refractivity (Wildman–Crippen MR) is 134 cm³/mol. The third kappa shape index (κ3) is 4.57. The molecule has 9 heteroatoms. The number of aryl methyl sites for hydroxylation is 1. The van der Waals surface area contributed by atoms with Crippen molar-refractivity contribution >= 4 is 29.3 Å². The Kier molecular flexibility index (Phi) is 6.58. The van der Waals surface area contributed by atoms with E-state index in [1.54, 1.807) is 14.0 Å². The molecule has 3 heterocycles. The van der Waals surface area contributed by atoms with Gasteiger partial charge in [-0.15, -0.1) is 0 Å². The van der Waals surface area contributed by atoms with Gasteiger partial charge in [0.05, 0.1) is 11.5 Å². The Balaban J connectivity index is 1.81. The van der Waals surface area contributed by atoms with E-state index in [2.05, 4.69) is 16.7 Å². The summed E-state index contributed by atoms with van der Waals surface area (Å²) in [4.78, 5) is 56.1. The lowest BCUT2D eigenvalue weighted by Gasteiger charge is -2.36. The Hall–Kier alpha value is -3.41. The average Bonchev–Trinajstić information content (AvgIpc) is 3.33. The molecule has 0 saturated carbocycles. The zero-order valence-electron chi connectivity index (χ0n) is 21.7. The number of amides is 4. The Bertz CT molecular complexity index is 1150. The Morgan fingerprint density at radius 2 is 1.86 bits per heavy atom. The normalized spacial score (nSPS) is 29.2. The van der Waals surface area contributed by atoms with E-state index in [0.717, 1.165) is 11.1 Å². The highest BCUT2D eigenvalue weighted by molar-refractivity contribution is 6.07. The van der Waals surface area contributed by atoms with Crippen LogP contribution in [-0.2, 0) is 31.0 Å². The van der Waals surface area contributed by atoms with Crippen molar-refractivity contribution in [3.05, 3.63) is 29.3 Å². The highest BCUT2D eigenvalue weighted by Gasteiger charge is 2.57. The van der Waals surface area contributed by atoms with Crippen molar-refractivity contribution in [2.24, 2.45) is 5.41 Å². The molecule has 1 fully saturated rings. The number of nitrogens with one attached hydrogen (secondary N) is 2. The van der Waals surface area contributed by atoms with Crippen LogP contribution in [0.4, 0.5) is 5.69 Å². The summed E-state index contributed by atoms with van der Waals surface area (Å²) < 4.78 is 0. The molecule has 4 atom stereocenters. The summed E-state index contributed by atoms with van der Waals surface area (Å²) in [6.07, 6.45) is 2.05. The molecule has 3 aliphatic rings. The summed E-state index contributed by atoms with van der Waals surface area (Å²) in [5, 5.41) is 15.7. The van der Waals surface area contributed by atoms with Gasteiger partial charge in [-0.3, -0.25) is 19.2 Å². The van der Waals surface area contributed by atoms with Crippen LogP contribution in [0.1, 0.15) is 64.5 Å². The van der Waals surface area contributed by atoms with Crippen molar-refractivity contribution in [3.8, 4) is 6.07 Å². The molecule has 1 aromatic rings. The van der Waals surface area contributed by atoms with Crippen molar-refractivity contribution in [2.75, 3.05) is 18.9 Å². The topological polar surface area (TPSA) is 123 Å². The second kappa shape index (κ2) is 9.23. The molecule has 1 saturated heterocycles. The van der Waals surface area contributed by atoms with Crippen molar-refractivity contribution in [1.82, 2.24) is 15.1 Å². The first-order chi connectivity index (χ1) is 16.9. The molecular formula is C27H35N5O4. The maximum absolute atomic E-state index is 14.0. The van der Waals surface area contributed by atoms with Crippen LogP contribution >= 0.6 is 0 Å². The number of hydrogen-bond donors (Lipinski definition) is 2. The number of rotatable bonds is 1. The fourth-order valence-electron chi connectivity index (χ4n) is 5.68. The van der Waals surface area contributed by atoms with Crippen LogP contribution < -0.4 is 10.6 Å². The fourth-order valence-corrected chi connectivity index (χ4v) is 5.68. The minimum absolute atomic E-state index is 0.0846. The molecular weight excluding hydrogens is 458 g/mol. The summed E-state index contributed by atoms with van der Waals surface area (Å²) in [5.74, 6) is -1.16. The van der Waals surface area contributed by atoms with Gasteiger partial charge in [-0.2, -0.15) is 5.26 Å². The maximum atomic E-state index is 14.0. The van der Waals surface area contributed by atoms with Crippen LogP contribution in [0.2, 0.25) is 0 Å². The monoisotopic (exact) mass is 493 g/mol. The number of benzene rings is 1. The largest absolute Gasteiger partial charge is 0.345 e. The Morgan fingerprint density at radius 3 is 2.53 bits per heavy atom. The average molecular weight is 494 g/mol. The number of carbonyl (C=O) groups is 4. The molecule has 4 rings (SSSR count). The van der Waals surface area contributed by atoms with E-state index < -0.39 is 23.5 Å². The predicted octanol–water partition coefficient (Wildman–Crippen LogP) is 2.11. The van der Waals surface area contributed by atoms with Crippen LogP contribution in [-0.4, -0.2) is 65.1 Å². The summed E-state index contributed by atoms with van der Waals surface area (Å²) in [6, 6.07) is 5.57. The van der Waals surface area contributed by atoms with Crippen molar-refractivity contribution in [2.45, 2.75) is 83.3 Å². The second-order valence-corrected chi connectivity index (χ2v) is 11.6. The van der Waals surface area contributed by atoms with Crippen molar-refractivity contribution in [1.29, 1.82) is 5.26 Å². The Labute approximate surface area is 212 Å². The van der Waals surface area contributed by atoms with E-state index in [4.69, 9.17) is 0 Å². The van der Waals surface area contributed by atoms with Gasteiger partial charge in [-0.05, 0) is 48.8 Å². The number of anilines is 1. The lowest BCUT2D eigenvalue weighted by molar-refractivity contribution is -0.147. The van der Waals surface area contributed by atoms with Crippen LogP contribution in [0, 0.1) is 16.7 Å². The fraction of sp³-hybridized carbons (Fsp3) is 0.593.